The Kier molecular flexibility index (Phi) is 3.95. The van der Waals surface area contributed by atoms with Gasteiger partial charge >= 0.3 is 0 Å². The maximum atomic E-state index is 9.13. The predicted octanol–water partition coefficient (Wildman–Crippen LogP) is 3.74. The number of nitrogens with one attached hydrogen (secondary N) is 1. The third kappa shape index (κ3) is 3.94. The molecule has 0 fully saturated rings. The number of rotatable bonds is 3. The van der Waals surface area contributed by atoms with Gasteiger partial charge in [0, 0.05) is 5.69 Å². The van der Waals surface area contributed by atoms with Gasteiger partial charge in [-0.1, -0.05) is 39.0 Å². The van der Waals surface area contributed by atoms with E-state index in [1.54, 1.807) is 0 Å². The van der Waals surface area contributed by atoms with Gasteiger partial charge in [-0.3, -0.25) is 0 Å². The first-order valence-corrected chi connectivity index (χ1v) is 5.64. The normalized spacial score (nSPS) is 12.9. The van der Waals surface area contributed by atoms with Crippen molar-refractivity contribution in [1.29, 1.82) is 5.26 Å². The number of aryl methyl sites for hydroxylation is 1. The number of nitrogens with zero attached hydrogens (tertiary/aromatic N) is 1. The fourth-order valence-corrected chi connectivity index (χ4v) is 1.66. The van der Waals surface area contributed by atoms with Crippen molar-refractivity contribution in [3.05, 3.63) is 29.8 Å². The van der Waals surface area contributed by atoms with Crippen LogP contribution < -0.4 is 5.32 Å². The molecule has 0 aliphatic heterocycles. The molecule has 0 radical (unpaired) electrons. The van der Waals surface area contributed by atoms with E-state index in [2.05, 4.69) is 32.2 Å². The van der Waals surface area contributed by atoms with E-state index in [1.807, 2.05) is 31.2 Å². The lowest BCUT2D eigenvalue weighted by Crippen LogP contribution is -2.24. The molecule has 2 nitrogen and oxygen atoms in total. The first kappa shape index (κ1) is 12.6. The number of anilines is 1. The Labute approximate surface area is 98.3 Å². The van der Waals surface area contributed by atoms with Crippen molar-refractivity contribution in [3.8, 4) is 6.07 Å². The zero-order valence-electron chi connectivity index (χ0n) is 10.5. The zero-order chi connectivity index (χ0) is 12.2. The summed E-state index contributed by atoms with van der Waals surface area (Å²) in [7, 11) is 0. The van der Waals surface area contributed by atoms with Crippen LogP contribution >= 0.6 is 0 Å². The molecular weight excluding hydrogens is 196 g/mol. The summed E-state index contributed by atoms with van der Waals surface area (Å²) < 4.78 is 0. The standard InChI is InChI=1S/C14H20N2/c1-11-7-5-6-8-13(11)16-12(10-15)9-14(2,3)4/h5-8,12,16H,9H2,1-4H3. The molecular formula is C14H20N2. The maximum Gasteiger partial charge on any atom is 0.114 e. The summed E-state index contributed by atoms with van der Waals surface area (Å²) in [5.41, 5.74) is 2.39. The van der Waals surface area contributed by atoms with Crippen molar-refractivity contribution in [2.75, 3.05) is 5.32 Å². The van der Waals surface area contributed by atoms with Gasteiger partial charge in [-0.05, 0) is 30.4 Å². The molecule has 0 saturated carbocycles. The number of hydrogen-bond acceptors (Lipinski definition) is 2. The maximum absolute atomic E-state index is 9.13. The number of benzene rings is 1. The minimum absolute atomic E-state index is 0.124. The minimum Gasteiger partial charge on any atom is -0.370 e. The van der Waals surface area contributed by atoms with Crippen molar-refractivity contribution >= 4 is 5.69 Å². The van der Waals surface area contributed by atoms with Crippen molar-refractivity contribution in [3.63, 3.8) is 0 Å². The zero-order valence-corrected chi connectivity index (χ0v) is 10.5. The number of hydrogen-bond donors (Lipinski definition) is 1. The van der Waals surface area contributed by atoms with Crippen LogP contribution in [0.2, 0.25) is 0 Å². The van der Waals surface area contributed by atoms with Crippen LogP contribution in [-0.4, -0.2) is 6.04 Å². The van der Waals surface area contributed by atoms with E-state index in [4.69, 9.17) is 5.26 Å². The monoisotopic (exact) mass is 216 g/mol. The topological polar surface area (TPSA) is 35.8 Å². The van der Waals surface area contributed by atoms with Gasteiger partial charge in [0.2, 0.25) is 0 Å². The fraction of sp³-hybridized carbons (Fsp3) is 0.500. The molecule has 0 saturated heterocycles. The van der Waals surface area contributed by atoms with E-state index in [0.29, 0.717) is 0 Å². The van der Waals surface area contributed by atoms with E-state index in [0.717, 1.165) is 12.1 Å². The van der Waals surface area contributed by atoms with Crippen LogP contribution in [0.1, 0.15) is 32.8 Å². The Bertz CT molecular complexity index is 382. The molecule has 1 aromatic carbocycles. The van der Waals surface area contributed by atoms with Gasteiger partial charge in [-0.2, -0.15) is 5.26 Å². The smallest absolute Gasteiger partial charge is 0.114 e. The molecule has 0 bridgehead atoms. The summed E-state index contributed by atoms with van der Waals surface area (Å²) in [6, 6.07) is 10.3. The van der Waals surface area contributed by atoms with E-state index in [9.17, 15) is 0 Å². The van der Waals surface area contributed by atoms with E-state index >= 15 is 0 Å². The SMILES string of the molecule is Cc1ccccc1NC(C#N)CC(C)(C)C. The molecule has 1 unspecified atom stereocenters. The minimum atomic E-state index is -0.124. The summed E-state index contributed by atoms with van der Waals surface area (Å²) >= 11 is 0. The Balaban J connectivity index is 2.72. The summed E-state index contributed by atoms with van der Waals surface area (Å²) in [4.78, 5) is 0. The largest absolute Gasteiger partial charge is 0.370 e. The molecule has 1 N–H and O–H groups in total. The lowest BCUT2D eigenvalue weighted by atomic mass is 9.88. The number of nitriles is 1. The van der Waals surface area contributed by atoms with E-state index in [1.165, 1.54) is 5.56 Å². The van der Waals surface area contributed by atoms with Crippen LogP contribution in [0.3, 0.4) is 0 Å². The molecule has 0 spiro atoms. The second-order valence-corrected chi connectivity index (χ2v) is 5.41. The first-order chi connectivity index (χ1) is 7.42. The van der Waals surface area contributed by atoms with Gasteiger partial charge in [0.25, 0.3) is 0 Å². The summed E-state index contributed by atoms with van der Waals surface area (Å²) in [5.74, 6) is 0. The van der Waals surface area contributed by atoms with Crippen molar-refractivity contribution < 1.29 is 0 Å². The van der Waals surface area contributed by atoms with Crippen molar-refractivity contribution in [1.82, 2.24) is 0 Å². The highest BCUT2D eigenvalue weighted by Gasteiger charge is 2.18. The Morgan fingerprint density at radius 1 is 1.31 bits per heavy atom. The molecule has 0 heterocycles. The van der Waals surface area contributed by atoms with Crippen LogP contribution in [0.15, 0.2) is 24.3 Å². The van der Waals surface area contributed by atoms with Crippen LogP contribution in [0, 0.1) is 23.7 Å². The highest BCUT2D eigenvalue weighted by molar-refractivity contribution is 5.51. The molecule has 86 valence electrons. The molecule has 1 rings (SSSR count). The van der Waals surface area contributed by atoms with Gasteiger partial charge < -0.3 is 5.32 Å². The lowest BCUT2D eigenvalue weighted by molar-refractivity contribution is 0.370. The van der Waals surface area contributed by atoms with Gasteiger partial charge in [0.1, 0.15) is 6.04 Å². The summed E-state index contributed by atoms with van der Waals surface area (Å²) in [6.07, 6.45) is 0.845. The van der Waals surface area contributed by atoms with Crippen LogP contribution in [0.5, 0.6) is 0 Å². The molecule has 0 amide bonds. The summed E-state index contributed by atoms with van der Waals surface area (Å²) in [6.45, 7) is 8.50. The average molecular weight is 216 g/mol. The number of para-hydroxylation sites is 1. The summed E-state index contributed by atoms with van der Waals surface area (Å²) in [5, 5.41) is 12.4. The molecule has 1 atom stereocenters. The Hall–Kier alpha value is -1.49. The second-order valence-electron chi connectivity index (χ2n) is 5.41. The third-order valence-corrected chi connectivity index (χ3v) is 2.45. The first-order valence-electron chi connectivity index (χ1n) is 5.64. The van der Waals surface area contributed by atoms with Crippen molar-refractivity contribution in [2.24, 2.45) is 5.41 Å². The Morgan fingerprint density at radius 2 is 1.94 bits per heavy atom. The quantitative estimate of drug-likeness (QED) is 0.835. The van der Waals surface area contributed by atoms with Crippen LogP contribution in [-0.2, 0) is 0 Å². The predicted molar refractivity (Wildman–Crippen MR) is 68.3 cm³/mol. The van der Waals surface area contributed by atoms with Gasteiger partial charge in [-0.25, -0.2) is 0 Å². The highest BCUT2D eigenvalue weighted by atomic mass is 14.9. The van der Waals surface area contributed by atoms with Gasteiger partial charge in [0.05, 0.1) is 6.07 Å². The van der Waals surface area contributed by atoms with Crippen LogP contribution in [0.25, 0.3) is 0 Å². The molecule has 1 aromatic rings. The molecule has 0 aromatic heterocycles. The van der Waals surface area contributed by atoms with Gasteiger partial charge in [-0.15, -0.1) is 0 Å². The van der Waals surface area contributed by atoms with E-state index in [-0.39, 0.29) is 11.5 Å². The fourth-order valence-electron chi connectivity index (χ4n) is 1.66. The molecule has 2 heteroatoms. The highest BCUT2D eigenvalue weighted by Crippen LogP contribution is 2.23. The average Bonchev–Trinajstić information content (AvgIpc) is 2.18. The van der Waals surface area contributed by atoms with Crippen LogP contribution in [0.4, 0.5) is 5.69 Å². The third-order valence-electron chi connectivity index (χ3n) is 2.45. The van der Waals surface area contributed by atoms with Gasteiger partial charge in [0.15, 0.2) is 0 Å². The van der Waals surface area contributed by atoms with Crippen molar-refractivity contribution in [2.45, 2.75) is 40.2 Å². The molecule has 16 heavy (non-hydrogen) atoms. The molecule has 0 aliphatic rings. The molecule has 0 aliphatic carbocycles. The van der Waals surface area contributed by atoms with E-state index < -0.39 is 0 Å². The second kappa shape index (κ2) is 5.03. The Morgan fingerprint density at radius 3 is 2.44 bits per heavy atom. The lowest BCUT2D eigenvalue weighted by Gasteiger charge is -2.23.